The number of rotatable bonds is 3. The van der Waals surface area contributed by atoms with E-state index in [1.165, 1.54) is 0 Å². The van der Waals surface area contributed by atoms with Crippen molar-refractivity contribution >= 4 is 54.5 Å². The molecule has 0 fully saturated rings. The van der Waals surface area contributed by atoms with Crippen molar-refractivity contribution in [1.82, 2.24) is 9.97 Å². The molecule has 0 radical (unpaired) electrons. The molecular formula is C41H23N3O. The molecule has 0 saturated heterocycles. The van der Waals surface area contributed by atoms with Crippen LogP contribution in [0.2, 0.25) is 0 Å². The summed E-state index contributed by atoms with van der Waals surface area (Å²) < 4.78 is 6.59. The van der Waals surface area contributed by atoms with Crippen LogP contribution in [0.1, 0.15) is 5.56 Å². The molecule has 0 aliphatic carbocycles. The second kappa shape index (κ2) is 9.87. The third-order valence-electron chi connectivity index (χ3n) is 8.69. The van der Waals surface area contributed by atoms with Gasteiger partial charge in [0.25, 0.3) is 0 Å². The molecule has 45 heavy (non-hydrogen) atoms. The van der Waals surface area contributed by atoms with E-state index in [0.717, 1.165) is 88.2 Å². The number of furan rings is 1. The average Bonchev–Trinajstić information content (AvgIpc) is 3.50. The summed E-state index contributed by atoms with van der Waals surface area (Å²) >= 11 is 0. The number of hydrogen-bond donors (Lipinski definition) is 0. The number of fused-ring (bicyclic) bond motifs is 8. The monoisotopic (exact) mass is 573 g/mol. The lowest BCUT2D eigenvalue weighted by atomic mass is 9.93. The fourth-order valence-corrected chi connectivity index (χ4v) is 6.51. The second-order valence-corrected chi connectivity index (χ2v) is 11.3. The number of nitrogens with zero attached hydrogens (tertiary/aromatic N) is 3. The summed E-state index contributed by atoms with van der Waals surface area (Å²) in [5, 5.41) is 15.7. The lowest BCUT2D eigenvalue weighted by molar-refractivity contribution is 0.673. The van der Waals surface area contributed by atoms with Crippen molar-refractivity contribution in [3.8, 4) is 39.7 Å². The predicted octanol–water partition coefficient (Wildman–Crippen LogP) is 10.7. The molecule has 3 heterocycles. The summed E-state index contributed by atoms with van der Waals surface area (Å²) in [6.07, 6.45) is 0. The zero-order valence-electron chi connectivity index (χ0n) is 24.0. The molecular weight excluding hydrogens is 550 g/mol. The van der Waals surface area contributed by atoms with Gasteiger partial charge in [0.15, 0.2) is 0 Å². The van der Waals surface area contributed by atoms with Crippen molar-refractivity contribution in [2.24, 2.45) is 0 Å². The average molecular weight is 574 g/mol. The summed E-state index contributed by atoms with van der Waals surface area (Å²) in [4.78, 5) is 10.4. The topological polar surface area (TPSA) is 62.7 Å². The van der Waals surface area contributed by atoms with Gasteiger partial charge < -0.3 is 4.42 Å². The zero-order chi connectivity index (χ0) is 29.9. The molecule has 0 aliphatic heterocycles. The molecule has 0 saturated carbocycles. The van der Waals surface area contributed by atoms with Crippen LogP contribution in [-0.4, -0.2) is 9.97 Å². The van der Waals surface area contributed by atoms with Crippen molar-refractivity contribution in [3.63, 3.8) is 0 Å². The first-order chi connectivity index (χ1) is 22.2. The van der Waals surface area contributed by atoms with Gasteiger partial charge in [0.1, 0.15) is 11.2 Å². The van der Waals surface area contributed by atoms with E-state index in [1.807, 2.05) is 60.7 Å². The van der Waals surface area contributed by atoms with E-state index in [-0.39, 0.29) is 0 Å². The van der Waals surface area contributed by atoms with Crippen molar-refractivity contribution in [2.45, 2.75) is 0 Å². The maximum atomic E-state index is 9.36. The molecule has 9 rings (SSSR count). The number of pyridine rings is 2. The third-order valence-corrected chi connectivity index (χ3v) is 8.69. The lowest BCUT2D eigenvalue weighted by Crippen LogP contribution is -1.91. The molecule has 0 amide bonds. The minimum absolute atomic E-state index is 0.639. The van der Waals surface area contributed by atoms with E-state index in [1.54, 1.807) is 0 Å². The van der Waals surface area contributed by atoms with Crippen LogP contribution in [0.4, 0.5) is 0 Å². The van der Waals surface area contributed by atoms with E-state index in [9.17, 15) is 5.26 Å². The Morgan fingerprint density at radius 2 is 1.18 bits per heavy atom. The van der Waals surface area contributed by atoms with E-state index in [0.29, 0.717) is 5.56 Å². The Kier molecular flexibility index (Phi) is 5.53. The Balaban J connectivity index is 1.30. The first-order valence-electron chi connectivity index (χ1n) is 14.9. The van der Waals surface area contributed by atoms with Crippen molar-refractivity contribution in [3.05, 3.63) is 145 Å². The van der Waals surface area contributed by atoms with Gasteiger partial charge in [-0.1, -0.05) is 103 Å². The maximum absolute atomic E-state index is 9.36. The van der Waals surface area contributed by atoms with E-state index < -0.39 is 0 Å². The summed E-state index contributed by atoms with van der Waals surface area (Å²) in [7, 11) is 0. The molecule has 6 aromatic carbocycles. The molecule has 9 aromatic rings. The van der Waals surface area contributed by atoms with Gasteiger partial charge in [0.05, 0.1) is 34.1 Å². The Bertz CT molecular complexity index is 2650. The number of nitriles is 1. The van der Waals surface area contributed by atoms with Gasteiger partial charge in [0.2, 0.25) is 0 Å². The van der Waals surface area contributed by atoms with Crippen LogP contribution in [0, 0.1) is 11.3 Å². The highest BCUT2D eigenvalue weighted by Crippen LogP contribution is 2.43. The van der Waals surface area contributed by atoms with Gasteiger partial charge in [-0.05, 0) is 52.9 Å². The number of benzene rings is 6. The molecule has 3 aromatic heterocycles. The van der Waals surface area contributed by atoms with Crippen molar-refractivity contribution < 1.29 is 4.42 Å². The van der Waals surface area contributed by atoms with E-state index in [4.69, 9.17) is 14.4 Å². The SMILES string of the molecule is N#Cc1ccc(-c2cc3c(oc4cccc(-c5ccc6ccc7ccc(-c8ccccc8)nc7c6n5)c43)c3ccccc23)cc1. The van der Waals surface area contributed by atoms with Crippen LogP contribution in [0.15, 0.2) is 144 Å². The minimum Gasteiger partial charge on any atom is -0.455 e. The van der Waals surface area contributed by atoms with Crippen LogP contribution >= 0.6 is 0 Å². The van der Waals surface area contributed by atoms with Crippen molar-refractivity contribution in [2.75, 3.05) is 0 Å². The highest BCUT2D eigenvalue weighted by atomic mass is 16.3. The minimum atomic E-state index is 0.639. The molecule has 0 N–H and O–H groups in total. The fourth-order valence-electron chi connectivity index (χ4n) is 6.51. The van der Waals surface area contributed by atoms with Gasteiger partial charge in [-0.2, -0.15) is 5.26 Å². The summed E-state index contributed by atoms with van der Waals surface area (Å²) in [6.45, 7) is 0. The quantitative estimate of drug-likeness (QED) is 0.197. The summed E-state index contributed by atoms with van der Waals surface area (Å²) in [5.74, 6) is 0. The fraction of sp³-hybridized carbons (Fsp3) is 0. The van der Waals surface area contributed by atoms with Crippen molar-refractivity contribution in [1.29, 1.82) is 5.26 Å². The molecule has 0 bridgehead atoms. The standard InChI is InChI=1S/C41H23N3O/c42-24-25-13-15-26(16-14-25)33-23-34-38-32(11-6-12-37(38)45-41(34)31-10-5-4-9-30(31)33)36-22-20-29-18-17-28-19-21-35(27-7-2-1-3-8-27)43-39(28)40(29)44-36/h1-23H. The Hall–Kier alpha value is -6.31. The first kappa shape index (κ1) is 25.2. The van der Waals surface area contributed by atoms with E-state index in [2.05, 4.69) is 84.9 Å². The number of hydrogen-bond acceptors (Lipinski definition) is 4. The van der Waals surface area contributed by atoms with Gasteiger partial charge >= 0.3 is 0 Å². The highest BCUT2D eigenvalue weighted by molar-refractivity contribution is 6.22. The zero-order valence-corrected chi connectivity index (χ0v) is 24.0. The largest absolute Gasteiger partial charge is 0.455 e. The van der Waals surface area contributed by atoms with Crippen LogP contribution in [0.25, 0.3) is 88.2 Å². The van der Waals surface area contributed by atoms with Crippen LogP contribution in [0.3, 0.4) is 0 Å². The van der Waals surface area contributed by atoms with Crippen LogP contribution < -0.4 is 0 Å². The van der Waals surface area contributed by atoms with Gasteiger partial charge in [-0.15, -0.1) is 0 Å². The maximum Gasteiger partial charge on any atom is 0.143 e. The lowest BCUT2D eigenvalue weighted by Gasteiger charge is -2.10. The molecule has 4 nitrogen and oxygen atoms in total. The normalized spacial score (nSPS) is 11.5. The van der Waals surface area contributed by atoms with Crippen LogP contribution in [-0.2, 0) is 0 Å². The Labute approximate surface area is 258 Å². The Morgan fingerprint density at radius 1 is 0.511 bits per heavy atom. The smallest absolute Gasteiger partial charge is 0.143 e. The third kappa shape index (κ3) is 3.99. The second-order valence-electron chi connectivity index (χ2n) is 11.3. The van der Waals surface area contributed by atoms with E-state index >= 15 is 0 Å². The molecule has 0 spiro atoms. The predicted molar refractivity (Wildman–Crippen MR) is 183 cm³/mol. The highest BCUT2D eigenvalue weighted by Gasteiger charge is 2.19. The summed E-state index contributed by atoms with van der Waals surface area (Å²) in [6, 6.07) is 49.6. The molecule has 0 unspecified atom stereocenters. The van der Waals surface area contributed by atoms with Gasteiger partial charge in [0, 0.05) is 38.1 Å². The molecule has 0 atom stereocenters. The first-order valence-corrected chi connectivity index (χ1v) is 14.9. The Morgan fingerprint density at radius 3 is 1.93 bits per heavy atom. The van der Waals surface area contributed by atoms with Crippen LogP contribution in [0.5, 0.6) is 0 Å². The van der Waals surface area contributed by atoms with Gasteiger partial charge in [-0.25, -0.2) is 9.97 Å². The molecule has 0 aliphatic rings. The molecule has 4 heteroatoms. The molecule has 208 valence electrons. The summed E-state index contributed by atoms with van der Waals surface area (Å²) in [5.41, 5.74) is 10.1. The van der Waals surface area contributed by atoms with Gasteiger partial charge in [-0.3, -0.25) is 0 Å². The number of aromatic nitrogens is 2.